The van der Waals surface area contributed by atoms with Crippen LogP contribution in [-0.4, -0.2) is 14.5 Å². The Balaban J connectivity index is 1.02. The number of nitrogens with zero attached hydrogens (tertiary/aromatic N) is 5. The molecule has 10 aromatic carbocycles. The predicted octanol–water partition coefficient (Wildman–Crippen LogP) is 18.0. The Kier molecular flexibility index (Phi) is 8.79. The minimum atomic E-state index is 0.612. The van der Waals surface area contributed by atoms with Gasteiger partial charge in [0.15, 0.2) is 0 Å². The van der Waals surface area contributed by atoms with Crippen LogP contribution in [0.3, 0.4) is 0 Å². The summed E-state index contributed by atoms with van der Waals surface area (Å²) >= 11 is 1.81. The van der Waals surface area contributed by atoms with Crippen molar-refractivity contribution in [3.05, 3.63) is 230 Å². The summed E-state index contributed by atoms with van der Waals surface area (Å²) in [5.74, 6) is 0. The summed E-state index contributed by atoms with van der Waals surface area (Å²) in [4.78, 5) is 12.0. The quantitative estimate of drug-likeness (QED) is 0.155. The zero-order valence-electron chi connectivity index (χ0n) is 38.4. The van der Waals surface area contributed by atoms with Crippen molar-refractivity contribution in [3.8, 4) is 34.3 Å². The Hall–Kier alpha value is -9.61. The molecule has 0 unspecified atom stereocenters. The Labute approximate surface area is 416 Å². The molecule has 15 aromatic rings. The zero-order chi connectivity index (χ0) is 47.4. The molecule has 0 radical (unpaired) electrons. The van der Waals surface area contributed by atoms with Gasteiger partial charge in [-0.25, -0.2) is 0 Å². The largest absolute Gasteiger partial charge is 0.456 e. The van der Waals surface area contributed by atoms with Crippen LogP contribution in [0.2, 0.25) is 0 Å². The SMILES string of the molecule is N#Cc1ccc(N(c2ccc3oc4cc5c6cc7c8ccccc8c8ccccc8c7cc6n(-c6cc(-c7ccccn7)cc(-c7ccccn7)c6)c5cc4c3c2)c2ccc3sc4ccccc4c3c2)cc1. The normalized spacial score (nSPS) is 11.9. The Morgan fingerprint density at radius 2 is 0.931 bits per heavy atom. The number of pyridine rings is 2. The molecule has 0 amide bonds. The minimum absolute atomic E-state index is 0.612. The van der Waals surface area contributed by atoms with Gasteiger partial charge in [0.25, 0.3) is 0 Å². The molecule has 6 nitrogen and oxygen atoms in total. The van der Waals surface area contributed by atoms with E-state index in [1.54, 1.807) is 0 Å². The van der Waals surface area contributed by atoms with E-state index in [-0.39, 0.29) is 0 Å². The molecule has 0 saturated heterocycles. The van der Waals surface area contributed by atoms with Gasteiger partial charge in [-0.2, -0.15) is 5.26 Å². The van der Waals surface area contributed by atoms with Crippen LogP contribution in [0.5, 0.6) is 0 Å². The summed E-state index contributed by atoms with van der Waals surface area (Å²) in [6.45, 7) is 0. The maximum atomic E-state index is 9.79. The third-order valence-corrected chi connectivity index (χ3v) is 15.6. The molecule has 7 heteroatoms. The van der Waals surface area contributed by atoms with Crippen molar-refractivity contribution in [3.63, 3.8) is 0 Å². The van der Waals surface area contributed by atoms with Crippen molar-refractivity contribution in [1.29, 1.82) is 5.26 Å². The molecular formula is C65H37N5OS. The third-order valence-electron chi connectivity index (χ3n) is 14.4. The molecule has 0 spiro atoms. The van der Waals surface area contributed by atoms with Crippen LogP contribution in [0.4, 0.5) is 17.1 Å². The van der Waals surface area contributed by atoms with Gasteiger partial charge in [-0.15, -0.1) is 11.3 Å². The van der Waals surface area contributed by atoms with Gasteiger partial charge in [0.1, 0.15) is 11.2 Å². The number of benzene rings is 10. The van der Waals surface area contributed by atoms with Crippen molar-refractivity contribution in [2.24, 2.45) is 0 Å². The van der Waals surface area contributed by atoms with Crippen molar-refractivity contribution in [2.45, 2.75) is 0 Å². The molecule has 0 N–H and O–H groups in total. The minimum Gasteiger partial charge on any atom is -0.456 e. The summed E-state index contributed by atoms with van der Waals surface area (Å²) in [6, 6.07) is 77.7. The number of thiophene rings is 1. The molecule has 5 aromatic heterocycles. The number of fused-ring (bicyclic) bond motifs is 15. The van der Waals surface area contributed by atoms with E-state index in [9.17, 15) is 5.26 Å². The summed E-state index contributed by atoms with van der Waals surface area (Å²) in [6.07, 6.45) is 3.70. The number of hydrogen-bond acceptors (Lipinski definition) is 6. The maximum absolute atomic E-state index is 9.79. The number of furan rings is 1. The van der Waals surface area contributed by atoms with Crippen LogP contribution in [-0.2, 0) is 0 Å². The first-order valence-electron chi connectivity index (χ1n) is 24.0. The van der Waals surface area contributed by atoms with Gasteiger partial charge in [0.05, 0.1) is 34.1 Å². The van der Waals surface area contributed by atoms with E-state index < -0.39 is 0 Å². The fraction of sp³-hybridized carbons (Fsp3) is 0. The summed E-state index contributed by atoms with van der Waals surface area (Å²) in [5.41, 5.74) is 12.1. The smallest absolute Gasteiger partial charge is 0.136 e. The molecule has 334 valence electrons. The number of nitriles is 1. The number of hydrogen-bond donors (Lipinski definition) is 0. The van der Waals surface area contributed by atoms with E-state index in [4.69, 9.17) is 14.4 Å². The molecule has 0 bridgehead atoms. The Bertz CT molecular complexity index is 4700. The van der Waals surface area contributed by atoms with Crippen LogP contribution in [0.25, 0.3) is 124 Å². The lowest BCUT2D eigenvalue weighted by Crippen LogP contribution is -2.09. The van der Waals surface area contributed by atoms with Crippen LogP contribution in [0, 0.1) is 11.3 Å². The topological polar surface area (TPSA) is 70.9 Å². The predicted molar refractivity (Wildman–Crippen MR) is 299 cm³/mol. The van der Waals surface area contributed by atoms with Gasteiger partial charge < -0.3 is 13.9 Å². The molecule has 15 rings (SSSR count). The highest BCUT2D eigenvalue weighted by atomic mass is 32.1. The Morgan fingerprint density at radius 3 is 1.58 bits per heavy atom. The molecule has 0 atom stereocenters. The van der Waals surface area contributed by atoms with Gasteiger partial charge in [-0.1, -0.05) is 78.9 Å². The second-order valence-electron chi connectivity index (χ2n) is 18.5. The zero-order valence-corrected chi connectivity index (χ0v) is 39.2. The molecule has 0 fully saturated rings. The standard InChI is InChI=1S/C65H37N5OS/c66-38-39-19-21-42(22-20-39)69(44-24-26-65-57(33-44)50-15-5-6-18-64(50)72-65)43-23-25-62-55(32-43)56-36-61-54(37-63(56)71-62)53-34-51-48-13-3-1-11-46(48)47-12-2-4-14-49(47)52(51)35-60(53)70(61)45-30-40(58-16-7-9-27-67-58)29-41(31-45)59-17-8-10-28-68-59/h1-37H. The fourth-order valence-corrected chi connectivity index (χ4v) is 12.3. The van der Waals surface area contributed by atoms with Crippen LogP contribution >= 0.6 is 11.3 Å². The molecule has 0 saturated carbocycles. The van der Waals surface area contributed by atoms with E-state index in [1.165, 1.54) is 52.5 Å². The van der Waals surface area contributed by atoms with Crippen molar-refractivity contribution < 1.29 is 4.42 Å². The first-order valence-corrected chi connectivity index (χ1v) is 24.8. The van der Waals surface area contributed by atoms with Gasteiger partial charge in [-0.3, -0.25) is 9.97 Å². The van der Waals surface area contributed by atoms with Crippen molar-refractivity contribution in [1.82, 2.24) is 14.5 Å². The second-order valence-corrected chi connectivity index (χ2v) is 19.5. The molecule has 0 aliphatic rings. The van der Waals surface area contributed by atoms with E-state index >= 15 is 0 Å². The van der Waals surface area contributed by atoms with Gasteiger partial charge in [0, 0.05) is 88.0 Å². The highest BCUT2D eigenvalue weighted by molar-refractivity contribution is 7.25. The van der Waals surface area contributed by atoms with Gasteiger partial charge >= 0.3 is 0 Å². The molecule has 5 heterocycles. The van der Waals surface area contributed by atoms with Crippen LogP contribution in [0.1, 0.15) is 5.56 Å². The lowest BCUT2D eigenvalue weighted by molar-refractivity contribution is 0.669. The van der Waals surface area contributed by atoms with Crippen molar-refractivity contribution >= 4 is 125 Å². The monoisotopic (exact) mass is 935 g/mol. The van der Waals surface area contributed by atoms with Crippen molar-refractivity contribution in [2.75, 3.05) is 4.90 Å². The highest BCUT2D eigenvalue weighted by Crippen LogP contribution is 2.46. The summed E-state index contributed by atoms with van der Waals surface area (Å²) in [5, 5.41) is 23.8. The number of aromatic nitrogens is 3. The van der Waals surface area contributed by atoms with E-state index in [1.807, 2.05) is 72.3 Å². The van der Waals surface area contributed by atoms with E-state index in [2.05, 4.69) is 179 Å². The molecule has 0 aliphatic heterocycles. The average molecular weight is 936 g/mol. The number of anilines is 3. The van der Waals surface area contributed by atoms with Crippen LogP contribution < -0.4 is 4.90 Å². The summed E-state index contributed by atoms with van der Waals surface area (Å²) < 4.78 is 11.8. The average Bonchev–Trinajstić information content (AvgIpc) is 4.11. The van der Waals surface area contributed by atoms with E-state index in [0.29, 0.717) is 5.56 Å². The molecular weight excluding hydrogens is 899 g/mol. The highest BCUT2D eigenvalue weighted by Gasteiger charge is 2.22. The lowest BCUT2D eigenvalue weighted by atomic mass is 9.93. The Morgan fingerprint density at radius 1 is 0.403 bits per heavy atom. The maximum Gasteiger partial charge on any atom is 0.136 e. The van der Waals surface area contributed by atoms with E-state index in [0.717, 1.165) is 89.0 Å². The molecule has 72 heavy (non-hydrogen) atoms. The summed E-state index contributed by atoms with van der Waals surface area (Å²) in [7, 11) is 0. The fourth-order valence-electron chi connectivity index (χ4n) is 11.2. The third kappa shape index (κ3) is 6.20. The second kappa shape index (κ2) is 15.7. The van der Waals surface area contributed by atoms with Gasteiger partial charge in [-0.05, 0) is 166 Å². The first kappa shape index (κ1) is 40.3. The van der Waals surface area contributed by atoms with Gasteiger partial charge in [0.2, 0.25) is 0 Å². The molecule has 0 aliphatic carbocycles. The first-order chi connectivity index (χ1) is 35.6. The van der Waals surface area contributed by atoms with Crippen LogP contribution in [0.15, 0.2) is 229 Å². The number of rotatable bonds is 6. The lowest BCUT2D eigenvalue weighted by Gasteiger charge is -2.25.